The third-order valence-electron chi connectivity index (χ3n) is 4.43. The summed E-state index contributed by atoms with van der Waals surface area (Å²) in [5, 5.41) is 7.21. The first-order chi connectivity index (χ1) is 9.80. The Morgan fingerprint density at radius 3 is 2.50 bits per heavy atom. The molecule has 110 valence electrons. The van der Waals surface area contributed by atoms with Crippen LogP contribution >= 0.6 is 0 Å². The SMILES string of the molecule is CC/C=C(/CC)NCC1(c2ccccc2)CCNCC1. The lowest BCUT2D eigenvalue weighted by atomic mass is 9.73. The molecular weight excluding hydrogens is 244 g/mol. The third-order valence-corrected chi connectivity index (χ3v) is 4.43. The molecule has 1 aliphatic rings. The van der Waals surface area contributed by atoms with Crippen LogP contribution in [0.3, 0.4) is 0 Å². The summed E-state index contributed by atoms with van der Waals surface area (Å²) in [6, 6.07) is 11.0. The van der Waals surface area contributed by atoms with Gasteiger partial charge >= 0.3 is 0 Å². The molecule has 1 aromatic carbocycles. The number of benzene rings is 1. The Hall–Kier alpha value is -1.28. The summed E-state index contributed by atoms with van der Waals surface area (Å²) < 4.78 is 0. The quantitative estimate of drug-likeness (QED) is 0.827. The molecule has 1 saturated heterocycles. The van der Waals surface area contributed by atoms with Gasteiger partial charge in [0.15, 0.2) is 0 Å². The van der Waals surface area contributed by atoms with Gasteiger partial charge in [-0.2, -0.15) is 0 Å². The highest BCUT2D eigenvalue weighted by Gasteiger charge is 2.33. The van der Waals surface area contributed by atoms with Crippen molar-refractivity contribution >= 4 is 0 Å². The molecule has 0 saturated carbocycles. The fraction of sp³-hybridized carbons (Fsp3) is 0.556. The fourth-order valence-electron chi connectivity index (χ4n) is 3.14. The summed E-state index contributed by atoms with van der Waals surface area (Å²) in [4.78, 5) is 0. The first-order valence-electron chi connectivity index (χ1n) is 8.00. The van der Waals surface area contributed by atoms with Crippen molar-refractivity contribution < 1.29 is 0 Å². The van der Waals surface area contributed by atoms with Crippen molar-refractivity contribution in [2.24, 2.45) is 0 Å². The van der Waals surface area contributed by atoms with E-state index in [1.54, 1.807) is 0 Å². The average molecular weight is 272 g/mol. The van der Waals surface area contributed by atoms with Crippen molar-refractivity contribution in [2.75, 3.05) is 19.6 Å². The van der Waals surface area contributed by atoms with Crippen LogP contribution in [-0.4, -0.2) is 19.6 Å². The Balaban J connectivity index is 2.14. The normalized spacial score (nSPS) is 18.8. The van der Waals surface area contributed by atoms with Crippen LogP contribution in [0, 0.1) is 0 Å². The van der Waals surface area contributed by atoms with E-state index in [1.165, 1.54) is 24.1 Å². The average Bonchev–Trinajstić information content (AvgIpc) is 2.53. The maximum Gasteiger partial charge on any atom is 0.0242 e. The van der Waals surface area contributed by atoms with Gasteiger partial charge in [0.1, 0.15) is 0 Å². The van der Waals surface area contributed by atoms with Gasteiger partial charge in [-0.25, -0.2) is 0 Å². The van der Waals surface area contributed by atoms with Gasteiger partial charge in [-0.05, 0) is 44.3 Å². The largest absolute Gasteiger partial charge is 0.388 e. The van der Waals surface area contributed by atoms with Crippen molar-refractivity contribution in [2.45, 2.75) is 44.9 Å². The molecule has 1 fully saturated rings. The fourth-order valence-corrected chi connectivity index (χ4v) is 3.14. The number of nitrogens with one attached hydrogen (secondary N) is 2. The molecule has 0 aliphatic carbocycles. The lowest BCUT2D eigenvalue weighted by Crippen LogP contribution is -2.46. The highest BCUT2D eigenvalue weighted by molar-refractivity contribution is 5.27. The zero-order valence-corrected chi connectivity index (χ0v) is 12.9. The molecule has 2 rings (SSSR count). The van der Waals surface area contributed by atoms with Crippen LogP contribution in [0.1, 0.15) is 45.1 Å². The molecule has 0 amide bonds. The summed E-state index contributed by atoms with van der Waals surface area (Å²) in [5.41, 5.74) is 3.16. The maximum atomic E-state index is 3.71. The Bertz CT molecular complexity index is 416. The highest BCUT2D eigenvalue weighted by atomic mass is 14.9. The van der Waals surface area contributed by atoms with Crippen LogP contribution in [0.5, 0.6) is 0 Å². The molecule has 20 heavy (non-hydrogen) atoms. The number of hydrogen-bond donors (Lipinski definition) is 2. The smallest absolute Gasteiger partial charge is 0.0242 e. The zero-order valence-electron chi connectivity index (χ0n) is 12.9. The van der Waals surface area contributed by atoms with Crippen LogP contribution in [0.4, 0.5) is 0 Å². The van der Waals surface area contributed by atoms with Crippen LogP contribution < -0.4 is 10.6 Å². The predicted molar refractivity (Wildman–Crippen MR) is 86.9 cm³/mol. The van der Waals surface area contributed by atoms with E-state index in [0.717, 1.165) is 32.5 Å². The van der Waals surface area contributed by atoms with Gasteiger partial charge in [0.2, 0.25) is 0 Å². The van der Waals surface area contributed by atoms with Gasteiger partial charge in [0.05, 0.1) is 0 Å². The topological polar surface area (TPSA) is 24.1 Å². The minimum atomic E-state index is 0.286. The van der Waals surface area contributed by atoms with E-state index in [4.69, 9.17) is 0 Å². The van der Waals surface area contributed by atoms with Crippen molar-refractivity contribution in [1.29, 1.82) is 0 Å². The molecule has 2 nitrogen and oxygen atoms in total. The van der Waals surface area contributed by atoms with E-state index in [0.29, 0.717) is 0 Å². The Morgan fingerprint density at radius 2 is 1.90 bits per heavy atom. The van der Waals surface area contributed by atoms with Crippen LogP contribution in [0.25, 0.3) is 0 Å². The molecule has 2 N–H and O–H groups in total. The van der Waals surface area contributed by atoms with Gasteiger partial charge < -0.3 is 10.6 Å². The minimum Gasteiger partial charge on any atom is -0.388 e. The van der Waals surface area contributed by atoms with Gasteiger partial charge in [-0.15, -0.1) is 0 Å². The van der Waals surface area contributed by atoms with E-state index >= 15 is 0 Å². The molecule has 2 heteroatoms. The van der Waals surface area contributed by atoms with Gasteiger partial charge in [-0.3, -0.25) is 0 Å². The molecule has 1 aliphatic heterocycles. The van der Waals surface area contributed by atoms with E-state index in [-0.39, 0.29) is 5.41 Å². The summed E-state index contributed by atoms with van der Waals surface area (Å²) in [6.45, 7) is 7.73. The molecule has 0 radical (unpaired) electrons. The van der Waals surface area contributed by atoms with Gasteiger partial charge in [0, 0.05) is 17.7 Å². The van der Waals surface area contributed by atoms with Crippen LogP contribution in [0.2, 0.25) is 0 Å². The van der Waals surface area contributed by atoms with E-state index in [2.05, 4.69) is 60.9 Å². The Kier molecular flexibility index (Phi) is 5.66. The van der Waals surface area contributed by atoms with Crippen LogP contribution in [0.15, 0.2) is 42.1 Å². The van der Waals surface area contributed by atoms with Crippen molar-refractivity contribution in [3.8, 4) is 0 Å². The second-order valence-electron chi connectivity index (χ2n) is 5.74. The molecule has 0 spiro atoms. The zero-order chi connectivity index (χ0) is 14.3. The highest BCUT2D eigenvalue weighted by Crippen LogP contribution is 2.33. The van der Waals surface area contributed by atoms with E-state index in [1.807, 2.05) is 0 Å². The summed E-state index contributed by atoms with van der Waals surface area (Å²) in [7, 11) is 0. The molecular formula is C18H28N2. The van der Waals surface area contributed by atoms with E-state index in [9.17, 15) is 0 Å². The van der Waals surface area contributed by atoms with Crippen molar-refractivity contribution in [1.82, 2.24) is 10.6 Å². The van der Waals surface area contributed by atoms with Gasteiger partial charge in [0.25, 0.3) is 0 Å². The van der Waals surface area contributed by atoms with Crippen molar-refractivity contribution in [3.63, 3.8) is 0 Å². The molecule has 0 atom stereocenters. The lowest BCUT2D eigenvalue weighted by Gasteiger charge is -2.39. The summed E-state index contributed by atoms with van der Waals surface area (Å²) >= 11 is 0. The second kappa shape index (κ2) is 7.49. The summed E-state index contributed by atoms with van der Waals surface area (Å²) in [5.74, 6) is 0. The van der Waals surface area contributed by atoms with Gasteiger partial charge in [-0.1, -0.05) is 50.3 Å². The third kappa shape index (κ3) is 3.63. The maximum absolute atomic E-state index is 3.71. The number of hydrogen-bond acceptors (Lipinski definition) is 2. The van der Waals surface area contributed by atoms with E-state index < -0.39 is 0 Å². The first-order valence-corrected chi connectivity index (χ1v) is 8.00. The molecule has 0 aromatic heterocycles. The lowest BCUT2D eigenvalue weighted by molar-refractivity contribution is 0.300. The first kappa shape index (κ1) is 15.1. The standard InChI is InChI=1S/C18H28N2/c1-3-8-17(4-2)20-15-18(11-13-19-14-12-18)16-9-6-5-7-10-16/h5-10,19-20H,3-4,11-15H2,1-2H3/b17-8-. The number of piperidine rings is 1. The number of rotatable bonds is 6. The molecule has 0 bridgehead atoms. The molecule has 1 heterocycles. The minimum absolute atomic E-state index is 0.286. The predicted octanol–water partition coefficient (Wildman–Crippen LogP) is 3.60. The second-order valence-corrected chi connectivity index (χ2v) is 5.74. The molecule has 1 aromatic rings. The van der Waals surface area contributed by atoms with Crippen molar-refractivity contribution in [3.05, 3.63) is 47.7 Å². The number of allylic oxidation sites excluding steroid dienone is 2. The van der Waals surface area contributed by atoms with Crippen LogP contribution in [-0.2, 0) is 5.41 Å². The summed E-state index contributed by atoms with van der Waals surface area (Å²) in [6.07, 6.45) is 6.95. The Morgan fingerprint density at radius 1 is 1.20 bits per heavy atom. The Labute approximate surface area is 123 Å². The monoisotopic (exact) mass is 272 g/mol. The molecule has 0 unspecified atom stereocenters.